The first kappa shape index (κ1) is 14.1. The lowest BCUT2D eigenvalue weighted by Crippen LogP contribution is -2.27. The molecule has 0 aromatic heterocycles. The smallest absolute Gasteiger partial charge is 0.253 e. The van der Waals surface area contributed by atoms with Crippen LogP contribution in [-0.4, -0.2) is 5.91 Å². The molecule has 0 aliphatic heterocycles. The molecule has 3 N–H and O–H groups in total. The van der Waals surface area contributed by atoms with Gasteiger partial charge in [0, 0.05) is 5.69 Å². The third-order valence-corrected chi connectivity index (χ3v) is 3.46. The van der Waals surface area contributed by atoms with E-state index in [9.17, 15) is 4.79 Å². The highest BCUT2D eigenvalue weighted by atomic mass is 16.1. The van der Waals surface area contributed by atoms with Gasteiger partial charge in [-0.15, -0.1) is 0 Å². The van der Waals surface area contributed by atoms with Gasteiger partial charge in [0.25, 0.3) is 5.91 Å². The highest BCUT2D eigenvalue weighted by Crippen LogP contribution is 2.19. The summed E-state index contributed by atoms with van der Waals surface area (Å²) >= 11 is 0. The number of nitrogens with one attached hydrogen (secondary N) is 1. The number of amides is 1. The van der Waals surface area contributed by atoms with E-state index in [1.165, 1.54) is 0 Å². The lowest BCUT2D eigenvalue weighted by molar-refractivity contribution is 0.0940. The molecule has 2 rings (SSSR count). The maximum absolute atomic E-state index is 12.3. The fraction of sp³-hybridized carbons (Fsp3) is 0.235. The lowest BCUT2D eigenvalue weighted by Gasteiger charge is -2.17. The normalized spacial score (nSPS) is 11.9. The minimum absolute atomic E-state index is 0.0522. The molecule has 0 spiro atoms. The molecule has 2 aromatic carbocycles. The van der Waals surface area contributed by atoms with Gasteiger partial charge in [-0.05, 0) is 44.0 Å². The first-order chi connectivity index (χ1) is 9.49. The van der Waals surface area contributed by atoms with E-state index in [1.807, 2.05) is 57.2 Å². The van der Waals surface area contributed by atoms with E-state index in [0.717, 1.165) is 16.7 Å². The summed E-state index contributed by atoms with van der Waals surface area (Å²) in [5.74, 6) is -0.137. The zero-order valence-corrected chi connectivity index (χ0v) is 12.1. The first-order valence-corrected chi connectivity index (χ1v) is 6.71. The second-order valence-electron chi connectivity index (χ2n) is 5.14. The molecule has 0 bridgehead atoms. The number of hydrogen-bond donors (Lipinski definition) is 2. The molecule has 1 amide bonds. The molecular weight excluding hydrogens is 248 g/mol. The summed E-state index contributed by atoms with van der Waals surface area (Å²) in [5.41, 5.74) is 10.2. The van der Waals surface area contributed by atoms with Crippen LogP contribution in [0, 0.1) is 13.8 Å². The van der Waals surface area contributed by atoms with E-state index in [0.29, 0.717) is 11.3 Å². The summed E-state index contributed by atoms with van der Waals surface area (Å²) in [6.45, 7) is 5.96. The summed E-state index contributed by atoms with van der Waals surface area (Å²) in [6, 6.07) is 13.5. The Kier molecular flexibility index (Phi) is 4.08. The van der Waals surface area contributed by atoms with Crippen molar-refractivity contribution >= 4 is 11.6 Å². The predicted octanol–water partition coefficient (Wildman–Crippen LogP) is 3.38. The molecule has 3 heteroatoms. The van der Waals surface area contributed by atoms with E-state index in [-0.39, 0.29) is 11.9 Å². The number of hydrogen-bond acceptors (Lipinski definition) is 2. The van der Waals surface area contributed by atoms with Gasteiger partial charge in [0.15, 0.2) is 0 Å². The van der Waals surface area contributed by atoms with Crippen LogP contribution in [0.15, 0.2) is 42.5 Å². The van der Waals surface area contributed by atoms with Gasteiger partial charge in [0.1, 0.15) is 0 Å². The van der Waals surface area contributed by atoms with Crippen molar-refractivity contribution in [1.29, 1.82) is 0 Å². The molecule has 3 nitrogen and oxygen atoms in total. The first-order valence-electron chi connectivity index (χ1n) is 6.71. The van der Waals surface area contributed by atoms with Crippen molar-refractivity contribution in [2.45, 2.75) is 26.8 Å². The predicted molar refractivity (Wildman–Crippen MR) is 82.7 cm³/mol. The van der Waals surface area contributed by atoms with Gasteiger partial charge in [-0.2, -0.15) is 0 Å². The van der Waals surface area contributed by atoms with Crippen LogP contribution in [-0.2, 0) is 0 Å². The Morgan fingerprint density at radius 1 is 1.15 bits per heavy atom. The van der Waals surface area contributed by atoms with Crippen molar-refractivity contribution in [2.24, 2.45) is 0 Å². The van der Waals surface area contributed by atoms with Gasteiger partial charge in [-0.25, -0.2) is 0 Å². The van der Waals surface area contributed by atoms with E-state index < -0.39 is 0 Å². The Bertz CT molecular complexity index is 635. The molecule has 0 radical (unpaired) electrons. The maximum atomic E-state index is 12.3. The van der Waals surface area contributed by atoms with Crippen LogP contribution in [0.4, 0.5) is 5.69 Å². The van der Waals surface area contributed by atoms with E-state index >= 15 is 0 Å². The van der Waals surface area contributed by atoms with Gasteiger partial charge >= 0.3 is 0 Å². The molecular formula is C17H20N2O. The molecule has 2 aromatic rings. The summed E-state index contributed by atoms with van der Waals surface area (Å²) in [4.78, 5) is 12.3. The second-order valence-corrected chi connectivity index (χ2v) is 5.14. The van der Waals surface area contributed by atoms with Crippen LogP contribution in [0.1, 0.15) is 40.0 Å². The van der Waals surface area contributed by atoms with E-state index in [4.69, 9.17) is 5.73 Å². The number of nitrogen functional groups attached to an aromatic ring is 1. The molecule has 0 heterocycles. The Morgan fingerprint density at radius 3 is 2.55 bits per heavy atom. The lowest BCUT2D eigenvalue weighted by atomic mass is 10.0. The van der Waals surface area contributed by atoms with Crippen molar-refractivity contribution in [3.8, 4) is 0 Å². The van der Waals surface area contributed by atoms with Gasteiger partial charge in [-0.3, -0.25) is 4.79 Å². The average molecular weight is 268 g/mol. The molecule has 0 fully saturated rings. The molecule has 0 unspecified atom stereocenters. The number of rotatable bonds is 3. The molecule has 1 atom stereocenters. The Labute approximate surface area is 119 Å². The van der Waals surface area contributed by atoms with Crippen molar-refractivity contribution in [3.05, 3.63) is 64.7 Å². The summed E-state index contributed by atoms with van der Waals surface area (Å²) < 4.78 is 0. The minimum atomic E-state index is -0.137. The zero-order chi connectivity index (χ0) is 14.7. The Morgan fingerprint density at radius 2 is 1.85 bits per heavy atom. The van der Waals surface area contributed by atoms with E-state index in [2.05, 4.69) is 5.32 Å². The summed E-state index contributed by atoms with van der Waals surface area (Å²) in [6.07, 6.45) is 0. The number of nitrogens with two attached hydrogens (primary N) is 1. The van der Waals surface area contributed by atoms with Crippen LogP contribution in [0.5, 0.6) is 0 Å². The summed E-state index contributed by atoms with van der Waals surface area (Å²) in [5, 5.41) is 3.00. The quantitative estimate of drug-likeness (QED) is 0.838. The van der Waals surface area contributed by atoms with Crippen LogP contribution in [0.25, 0.3) is 0 Å². The van der Waals surface area contributed by atoms with Crippen LogP contribution < -0.4 is 11.1 Å². The van der Waals surface area contributed by atoms with Crippen molar-refractivity contribution in [2.75, 3.05) is 5.73 Å². The van der Waals surface area contributed by atoms with Crippen LogP contribution in [0.2, 0.25) is 0 Å². The standard InChI is InChI=1S/C17H20N2O/c1-11-8-9-16(18)15(10-11)17(20)19-13(3)14-7-5-4-6-12(14)2/h4-10,13H,18H2,1-3H3,(H,19,20)/t13-/m0/s1. The third-order valence-electron chi connectivity index (χ3n) is 3.46. The SMILES string of the molecule is Cc1ccc(N)c(C(=O)N[C@@H](C)c2ccccc2C)c1. The van der Waals surface area contributed by atoms with Crippen LogP contribution >= 0.6 is 0 Å². The molecule has 0 aliphatic rings. The zero-order valence-electron chi connectivity index (χ0n) is 12.1. The highest BCUT2D eigenvalue weighted by Gasteiger charge is 2.14. The highest BCUT2D eigenvalue weighted by molar-refractivity contribution is 5.99. The third kappa shape index (κ3) is 2.99. The number of anilines is 1. The number of aryl methyl sites for hydroxylation is 2. The van der Waals surface area contributed by atoms with Crippen LogP contribution in [0.3, 0.4) is 0 Å². The average Bonchev–Trinajstić information content (AvgIpc) is 2.41. The molecule has 20 heavy (non-hydrogen) atoms. The Hall–Kier alpha value is -2.29. The second kappa shape index (κ2) is 5.78. The van der Waals surface area contributed by atoms with Crippen molar-refractivity contribution in [1.82, 2.24) is 5.32 Å². The molecule has 104 valence electrons. The fourth-order valence-electron chi connectivity index (χ4n) is 2.29. The van der Waals surface area contributed by atoms with Crippen molar-refractivity contribution < 1.29 is 4.79 Å². The maximum Gasteiger partial charge on any atom is 0.253 e. The van der Waals surface area contributed by atoms with Gasteiger partial charge < -0.3 is 11.1 Å². The summed E-state index contributed by atoms with van der Waals surface area (Å²) in [7, 11) is 0. The number of benzene rings is 2. The fourth-order valence-corrected chi connectivity index (χ4v) is 2.29. The Balaban J connectivity index is 2.20. The van der Waals surface area contributed by atoms with Crippen molar-refractivity contribution in [3.63, 3.8) is 0 Å². The molecule has 0 saturated carbocycles. The minimum Gasteiger partial charge on any atom is -0.398 e. The van der Waals surface area contributed by atoms with E-state index in [1.54, 1.807) is 6.07 Å². The molecule has 0 aliphatic carbocycles. The largest absolute Gasteiger partial charge is 0.398 e. The van der Waals surface area contributed by atoms with Gasteiger partial charge in [-0.1, -0.05) is 35.9 Å². The van der Waals surface area contributed by atoms with Gasteiger partial charge in [0.05, 0.1) is 11.6 Å². The number of carbonyl (C=O) groups excluding carboxylic acids is 1. The topological polar surface area (TPSA) is 55.1 Å². The molecule has 0 saturated heterocycles. The number of carbonyl (C=O) groups is 1. The van der Waals surface area contributed by atoms with Gasteiger partial charge in [0.2, 0.25) is 0 Å². The monoisotopic (exact) mass is 268 g/mol.